The molecular weight excluding hydrogens is 385 g/mol. The van der Waals surface area contributed by atoms with E-state index in [1.54, 1.807) is 7.05 Å². The number of hydrogen-bond acceptors (Lipinski definition) is 4. The smallest absolute Gasteiger partial charge is 0.305 e. The van der Waals surface area contributed by atoms with Gasteiger partial charge in [-0.3, -0.25) is 9.79 Å². The first-order valence-corrected chi connectivity index (χ1v) is 7.42. The third-order valence-electron chi connectivity index (χ3n) is 3.98. The second-order valence-electron chi connectivity index (χ2n) is 5.39. The number of hydrogen-bond donors (Lipinski definition) is 2. The largest absolute Gasteiger partial charge is 0.469 e. The Morgan fingerprint density at radius 3 is 2.76 bits per heavy atom. The highest BCUT2D eigenvalue weighted by atomic mass is 127. The lowest BCUT2D eigenvalue weighted by Gasteiger charge is -2.22. The standard InChI is InChI=1S/C14H25N3O3.HI/c1-15-14(16-8-4-3-5-13(18)19-2)17-11-9-10-6-7-12(11)20-10;/h10-12H,3-9H2,1-2H3,(H2,15,16,17);1H. The van der Waals surface area contributed by atoms with E-state index in [1.807, 2.05) is 0 Å². The summed E-state index contributed by atoms with van der Waals surface area (Å²) in [6.45, 7) is 0.804. The average molecular weight is 411 g/mol. The second kappa shape index (κ2) is 9.45. The van der Waals surface area contributed by atoms with E-state index in [4.69, 9.17) is 4.74 Å². The number of nitrogens with one attached hydrogen (secondary N) is 2. The van der Waals surface area contributed by atoms with Crippen molar-refractivity contribution in [1.82, 2.24) is 10.6 Å². The molecule has 0 amide bonds. The van der Waals surface area contributed by atoms with E-state index < -0.39 is 0 Å². The number of guanidine groups is 1. The van der Waals surface area contributed by atoms with Gasteiger partial charge in [-0.05, 0) is 32.1 Å². The summed E-state index contributed by atoms with van der Waals surface area (Å²) in [6, 6.07) is 0.384. The molecular formula is C14H26IN3O3. The zero-order chi connectivity index (χ0) is 14.4. The molecule has 0 aromatic carbocycles. The number of fused-ring (bicyclic) bond motifs is 2. The number of aliphatic imine (C=N–C) groups is 1. The Hall–Kier alpha value is -0.570. The number of nitrogens with zero attached hydrogens (tertiary/aromatic N) is 1. The van der Waals surface area contributed by atoms with Crippen LogP contribution in [0.3, 0.4) is 0 Å². The van der Waals surface area contributed by atoms with Gasteiger partial charge in [0, 0.05) is 20.0 Å². The van der Waals surface area contributed by atoms with Crippen molar-refractivity contribution in [3.63, 3.8) is 0 Å². The van der Waals surface area contributed by atoms with Crippen LogP contribution in [0.2, 0.25) is 0 Å². The summed E-state index contributed by atoms with van der Waals surface area (Å²) in [7, 11) is 3.20. The molecule has 0 aliphatic carbocycles. The van der Waals surface area contributed by atoms with Crippen LogP contribution in [-0.2, 0) is 14.3 Å². The lowest BCUT2D eigenvalue weighted by Crippen LogP contribution is -2.47. The van der Waals surface area contributed by atoms with Gasteiger partial charge >= 0.3 is 5.97 Å². The number of halogens is 1. The quantitative estimate of drug-likeness (QED) is 0.228. The summed E-state index contributed by atoms with van der Waals surface area (Å²) in [5.41, 5.74) is 0. The molecule has 2 saturated heterocycles. The first-order chi connectivity index (χ1) is 9.72. The first kappa shape index (κ1) is 18.5. The molecule has 7 heteroatoms. The fourth-order valence-corrected chi connectivity index (χ4v) is 2.86. The van der Waals surface area contributed by atoms with Crippen LogP contribution in [0, 0.1) is 0 Å². The molecule has 21 heavy (non-hydrogen) atoms. The highest BCUT2D eigenvalue weighted by Crippen LogP contribution is 2.34. The van der Waals surface area contributed by atoms with Crippen molar-refractivity contribution in [3.05, 3.63) is 0 Å². The minimum Gasteiger partial charge on any atom is -0.469 e. The van der Waals surface area contributed by atoms with E-state index in [0.29, 0.717) is 24.7 Å². The fourth-order valence-electron chi connectivity index (χ4n) is 2.86. The summed E-state index contributed by atoms with van der Waals surface area (Å²) in [5, 5.41) is 6.71. The summed E-state index contributed by atoms with van der Waals surface area (Å²) in [5.74, 6) is 0.677. The lowest BCUT2D eigenvalue weighted by atomic mass is 9.96. The Balaban J connectivity index is 0.00000220. The second-order valence-corrected chi connectivity index (χ2v) is 5.39. The van der Waals surface area contributed by atoms with Crippen LogP contribution in [-0.4, -0.2) is 50.9 Å². The molecule has 0 aromatic heterocycles. The molecule has 0 radical (unpaired) electrons. The number of rotatable bonds is 6. The molecule has 0 spiro atoms. The van der Waals surface area contributed by atoms with Crippen molar-refractivity contribution >= 4 is 35.9 Å². The van der Waals surface area contributed by atoms with Crippen molar-refractivity contribution in [2.24, 2.45) is 4.99 Å². The summed E-state index contributed by atoms with van der Waals surface area (Å²) >= 11 is 0. The molecule has 0 saturated carbocycles. The van der Waals surface area contributed by atoms with Gasteiger partial charge in [0.1, 0.15) is 0 Å². The van der Waals surface area contributed by atoms with Crippen LogP contribution in [0.4, 0.5) is 0 Å². The molecule has 122 valence electrons. The molecule has 2 heterocycles. The maximum Gasteiger partial charge on any atom is 0.305 e. The minimum absolute atomic E-state index is 0. The van der Waals surface area contributed by atoms with Crippen LogP contribution in [0.1, 0.15) is 38.5 Å². The first-order valence-electron chi connectivity index (χ1n) is 7.42. The lowest BCUT2D eigenvalue weighted by molar-refractivity contribution is -0.140. The van der Waals surface area contributed by atoms with Gasteiger partial charge in [0.15, 0.2) is 5.96 Å². The van der Waals surface area contributed by atoms with E-state index >= 15 is 0 Å². The van der Waals surface area contributed by atoms with Crippen molar-refractivity contribution in [2.45, 2.75) is 56.8 Å². The Morgan fingerprint density at radius 2 is 2.19 bits per heavy atom. The zero-order valence-corrected chi connectivity index (χ0v) is 15.1. The normalized spacial score (nSPS) is 27.1. The fraction of sp³-hybridized carbons (Fsp3) is 0.857. The number of unbranched alkanes of at least 4 members (excludes halogenated alkanes) is 1. The van der Waals surface area contributed by atoms with Crippen LogP contribution in [0.25, 0.3) is 0 Å². The number of carbonyl (C=O) groups is 1. The topological polar surface area (TPSA) is 72.0 Å². The van der Waals surface area contributed by atoms with Crippen molar-refractivity contribution in [2.75, 3.05) is 20.7 Å². The van der Waals surface area contributed by atoms with E-state index in [-0.39, 0.29) is 29.9 Å². The monoisotopic (exact) mass is 411 g/mol. The van der Waals surface area contributed by atoms with Crippen LogP contribution < -0.4 is 10.6 Å². The molecule has 3 unspecified atom stereocenters. The van der Waals surface area contributed by atoms with Gasteiger partial charge in [0.2, 0.25) is 0 Å². The number of methoxy groups -OCH3 is 1. The Kier molecular flexibility index (Phi) is 8.31. The van der Waals surface area contributed by atoms with Crippen molar-refractivity contribution in [3.8, 4) is 0 Å². The number of carbonyl (C=O) groups excluding carboxylic acids is 1. The Bertz CT molecular complexity index is 365. The average Bonchev–Trinajstić information content (AvgIpc) is 3.07. The predicted octanol–water partition coefficient (Wildman–Crippen LogP) is 1.43. The molecule has 3 atom stereocenters. The minimum atomic E-state index is -0.147. The highest BCUT2D eigenvalue weighted by molar-refractivity contribution is 14.0. The molecule has 0 aromatic rings. The van der Waals surface area contributed by atoms with Gasteiger partial charge in [0.05, 0.1) is 25.4 Å². The van der Waals surface area contributed by atoms with Crippen molar-refractivity contribution < 1.29 is 14.3 Å². The van der Waals surface area contributed by atoms with Crippen LogP contribution in [0.15, 0.2) is 4.99 Å². The van der Waals surface area contributed by atoms with Gasteiger partial charge in [-0.1, -0.05) is 0 Å². The van der Waals surface area contributed by atoms with Gasteiger partial charge < -0.3 is 20.1 Å². The molecule has 2 fully saturated rings. The third-order valence-corrected chi connectivity index (χ3v) is 3.98. The maximum absolute atomic E-state index is 11.0. The Labute approximate surface area is 143 Å². The summed E-state index contributed by atoms with van der Waals surface area (Å²) in [6.07, 6.45) is 6.43. The van der Waals surface area contributed by atoms with E-state index in [9.17, 15) is 4.79 Å². The number of ether oxygens (including phenoxy) is 2. The predicted molar refractivity (Wildman–Crippen MR) is 92.1 cm³/mol. The molecule has 2 rings (SSSR count). The van der Waals surface area contributed by atoms with Crippen LogP contribution >= 0.6 is 24.0 Å². The van der Waals surface area contributed by atoms with E-state index in [1.165, 1.54) is 13.5 Å². The van der Waals surface area contributed by atoms with Gasteiger partial charge in [-0.15, -0.1) is 24.0 Å². The number of esters is 1. The van der Waals surface area contributed by atoms with Gasteiger partial charge in [-0.25, -0.2) is 0 Å². The SMILES string of the molecule is CN=C(NCCCCC(=O)OC)NC1CC2CCC1O2.I. The third kappa shape index (κ3) is 5.61. The van der Waals surface area contributed by atoms with E-state index in [2.05, 4.69) is 20.4 Å². The van der Waals surface area contributed by atoms with Gasteiger partial charge in [-0.2, -0.15) is 0 Å². The molecule has 6 nitrogen and oxygen atoms in total. The summed E-state index contributed by atoms with van der Waals surface area (Å²) in [4.78, 5) is 15.2. The van der Waals surface area contributed by atoms with Gasteiger partial charge in [0.25, 0.3) is 0 Å². The van der Waals surface area contributed by atoms with Crippen molar-refractivity contribution in [1.29, 1.82) is 0 Å². The molecule has 2 bridgehead atoms. The molecule has 2 N–H and O–H groups in total. The zero-order valence-electron chi connectivity index (χ0n) is 12.8. The summed E-state index contributed by atoms with van der Waals surface area (Å²) < 4.78 is 10.4. The molecule has 2 aliphatic heterocycles. The highest BCUT2D eigenvalue weighted by Gasteiger charge is 2.40. The maximum atomic E-state index is 11.0. The Morgan fingerprint density at radius 1 is 1.38 bits per heavy atom. The van der Waals surface area contributed by atoms with Crippen LogP contribution in [0.5, 0.6) is 0 Å². The molecule has 2 aliphatic rings. The van der Waals surface area contributed by atoms with E-state index in [0.717, 1.165) is 38.2 Å².